The van der Waals surface area contributed by atoms with Crippen molar-refractivity contribution in [3.8, 4) is 0 Å². The average Bonchev–Trinajstić information content (AvgIpc) is 3.05. The second-order valence-corrected chi connectivity index (χ2v) is 11.3. The molecule has 2 saturated heterocycles. The monoisotopic (exact) mass is 508 g/mol. The van der Waals surface area contributed by atoms with E-state index in [0.29, 0.717) is 18.3 Å². The first-order valence-corrected chi connectivity index (χ1v) is 12.6. The van der Waals surface area contributed by atoms with E-state index in [4.69, 9.17) is 18.9 Å². The minimum atomic E-state index is -1.54. The van der Waals surface area contributed by atoms with E-state index in [1.165, 1.54) is 0 Å². The highest BCUT2D eigenvalue weighted by Gasteiger charge is 2.49. The molecule has 0 bridgehead atoms. The van der Waals surface area contributed by atoms with Gasteiger partial charge in [-0.25, -0.2) is 0 Å². The van der Waals surface area contributed by atoms with E-state index in [2.05, 4.69) is 20.8 Å². The molecule has 1 aliphatic carbocycles. The molecule has 11 nitrogen and oxygen atoms in total. The molecule has 3 fully saturated rings. The lowest BCUT2D eigenvalue weighted by atomic mass is 9.61. The third kappa shape index (κ3) is 6.71. The van der Waals surface area contributed by atoms with Crippen molar-refractivity contribution in [3.63, 3.8) is 0 Å². The van der Waals surface area contributed by atoms with Crippen LogP contribution >= 0.6 is 0 Å². The molecule has 0 aromatic heterocycles. The summed E-state index contributed by atoms with van der Waals surface area (Å²) < 4.78 is 22.6. The van der Waals surface area contributed by atoms with E-state index >= 15 is 0 Å². The summed E-state index contributed by atoms with van der Waals surface area (Å²) in [4.78, 5) is 0. The van der Waals surface area contributed by atoms with Gasteiger partial charge in [0.15, 0.2) is 12.6 Å². The molecule has 35 heavy (non-hydrogen) atoms. The van der Waals surface area contributed by atoms with Crippen molar-refractivity contribution in [1.82, 2.24) is 0 Å². The maximum atomic E-state index is 10.5. The molecule has 2 heterocycles. The molecule has 11 heteroatoms. The van der Waals surface area contributed by atoms with E-state index in [9.17, 15) is 35.7 Å². The summed E-state index contributed by atoms with van der Waals surface area (Å²) in [6.45, 7) is 7.46. The van der Waals surface area contributed by atoms with E-state index in [1.54, 1.807) is 6.92 Å². The predicted molar refractivity (Wildman–Crippen MR) is 122 cm³/mol. The summed E-state index contributed by atoms with van der Waals surface area (Å²) in [5.41, 5.74) is -0.0719. The Morgan fingerprint density at radius 1 is 0.914 bits per heavy atom. The fraction of sp³-hybridized carbons (Fsp3) is 1.00. The first-order chi connectivity index (χ1) is 16.4. The highest BCUT2D eigenvalue weighted by atomic mass is 16.7. The normalized spacial score (nSPS) is 47.1. The molecule has 0 spiro atoms. The molecule has 0 radical (unpaired) electrons. The Balaban J connectivity index is 1.59. The second-order valence-electron chi connectivity index (χ2n) is 11.3. The lowest BCUT2D eigenvalue weighted by molar-refractivity contribution is -0.323. The van der Waals surface area contributed by atoms with Crippen LogP contribution in [0.1, 0.15) is 53.4 Å². The van der Waals surface area contributed by atoms with Crippen LogP contribution in [-0.4, -0.2) is 116 Å². The molecule has 0 amide bonds. The van der Waals surface area contributed by atoms with Gasteiger partial charge in [0.05, 0.1) is 25.4 Å². The highest BCUT2D eigenvalue weighted by Crippen LogP contribution is 2.47. The van der Waals surface area contributed by atoms with Gasteiger partial charge in [0.2, 0.25) is 0 Å². The van der Waals surface area contributed by atoms with Crippen LogP contribution < -0.4 is 0 Å². The van der Waals surface area contributed by atoms with Gasteiger partial charge in [-0.05, 0) is 49.9 Å². The van der Waals surface area contributed by atoms with E-state index < -0.39 is 61.9 Å². The van der Waals surface area contributed by atoms with Crippen molar-refractivity contribution in [2.75, 3.05) is 13.2 Å². The zero-order valence-corrected chi connectivity index (χ0v) is 21.0. The Bertz CT molecular complexity index is 661. The van der Waals surface area contributed by atoms with Gasteiger partial charge >= 0.3 is 0 Å². The first kappa shape index (κ1) is 29.1. The zero-order chi connectivity index (χ0) is 26.1. The van der Waals surface area contributed by atoms with Crippen molar-refractivity contribution < 1.29 is 54.7 Å². The van der Waals surface area contributed by atoms with Crippen molar-refractivity contribution in [2.24, 2.45) is 17.3 Å². The van der Waals surface area contributed by atoms with Crippen molar-refractivity contribution in [1.29, 1.82) is 0 Å². The van der Waals surface area contributed by atoms with Crippen molar-refractivity contribution >= 4 is 0 Å². The van der Waals surface area contributed by atoms with Gasteiger partial charge in [0.1, 0.15) is 42.7 Å². The van der Waals surface area contributed by atoms with Gasteiger partial charge in [-0.1, -0.05) is 20.8 Å². The highest BCUT2D eigenvalue weighted by molar-refractivity contribution is 4.94. The summed E-state index contributed by atoms with van der Waals surface area (Å²) in [5, 5.41) is 70.1. The van der Waals surface area contributed by atoms with Crippen LogP contribution in [0.2, 0.25) is 0 Å². The Labute approximate surface area is 206 Å². The van der Waals surface area contributed by atoms with Crippen LogP contribution in [0, 0.1) is 17.3 Å². The molecule has 0 aromatic rings. The molecule has 206 valence electrons. The van der Waals surface area contributed by atoms with Crippen LogP contribution in [0.4, 0.5) is 0 Å². The molecule has 13 atom stereocenters. The van der Waals surface area contributed by atoms with Crippen molar-refractivity contribution in [2.45, 2.75) is 121 Å². The third-order valence-corrected chi connectivity index (χ3v) is 7.89. The Kier molecular flexibility index (Phi) is 9.94. The lowest BCUT2D eigenvalue weighted by Gasteiger charge is -2.48. The van der Waals surface area contributed by atoms with Crippen LogP contribution in [0.5, 0.6) is 0 Å². The minimum absolute atomic E-state index is 0.0719. The molecular formula is C24H44O11. The summed E-state index contributed by atoms with van der Waals surface area (Å²) >= 11 is 0. The largest absolute Gasteiger partial charge is 0.394 e. The number of aliphatic hydroxyl groups is 7. The number of ether oxygens (including phenoxy) is 4. The molecule has 3 aliphatic rings. The Hall–Kier alpha value is -0.440. The SMILES string of the molecule is CC(O)CCC1C(C)CC(OC2OC(COC3OC(CO)C(O)C3O)C(O)C(O)C2O)CC1(C)C. The van der Waals surface area contributed by atoms with Gasteiger partial charge in [0.25, 0.3) is 0 Å². The molecule has 1 saturated carbocycles. The van der Waals surface area contributed by atoms with Crippen molar-refractivity contribution in [3.05, 3.63) is 0 Å². The molecule has 7 N–H and O–H groups in total. The van der Waals surface area contributed by atoms with Gasteiger partial charge in [-0.2, -0.15) is 0 Å². The van der Waals surface area contributed by atoms with Gasteiger partial charge in [-0.3, -0.25) is 0 Å². The number of hydrogen-bond acceptors (Lipinski definition) is 11. The molecule has 13 unspecified atom stereocenters. The standard InChI is InChI=1S/C24H44O11/c1-11-7-13(8-24(3,4)14(11)6-5-12(2)26)33-23-21(31)19(29)18(28)16(35-23)10-32-22-20(30)17(27)15(9-25)34-22/h11-23,25-31H,5-10H2,1-4H3. The van der Waals surface area contributed by atoms with Gasteiger partial charge < -0.3 is 54.7 Å². The average molecular weight is 509 g/mol. The van der Waals surface area contributed by atoms with Crippen LogP contribution in [0.15, 0.2) is 0 Å². The fourth-order valence-electron chi connectivity index (χ4n) is 5.92. The number of rotatable bonds is 9. The number of hydrogen-bond donors (Lipinski definition) is 7. The molecule has 2 aliphatic heterocycles. The minimum Gasteiger partial charge on any atom is -0.394 e. The summed E-state index contributed by atoms with van der Waals surface area (Å²) in [5.74, 6) is 0.712. The summed E-state index contributed by atoms with van der Waals surface area (Å²) in [6.07, 6.45) is -9.28. The quantitative estimate of drug-likeness (QED) is 0.200. The topological polar surface area (TPSA) is 179 Å². The van der Waals surface area contributed by atoms with Crippen LogP contribution in [0.25, 0.3) is 0 Å². The smallest absolute Gasteiger partial charge is 0.186 e. The van der Waals surface area contributed by atoms with E-state index in [1.807, 2.05) is 0 Å². The van der Waals surface area contributed by atoms with Crippen LogP contribution in [-0.2, 0) is 18.9 Å². The molecular weight excluding hydrogens is 464 g/mol. The Morgan fingerprint density at radius 2 is 1.51 bits per heavy atom. The zero-order valence-electron chi connectivity index (χ0n) is 21.0. The van der Waals surface area contributed by atoms with Gasteiger partial charge in [0, 0.05) is 0 Å². The maximum absolute atomic E-state index is 10.5. The lowest BCUT2D eigenvalue weighted by Crippen LogP contribution is -2.60. The first-order valence-electron chi connectivity index (χ1n) is 12.6. The summed E-state index contributed by atoms with van der Waals surface area (Å²) in [7, 11) is 0. The number of aliphatic hydroxyl groups excluding tert-OH is 7. The van der Waals surface area contributed by atoms with Crippen LogP contribution in [0.3, 0.4) is 0 Å². The van der Waals surface area contributed by atoms with E-state index in [-0.39, 0.29) is 24.2 Å². The molecule has 3 rings (SSSR count). The third-order valence-electron chi connectivity index (χ3n) is 7.89. The second kappa shape index (κ2) is 12.0. The fourth-order valence-corrected chi connectivity index (χ4v) is 5.92. The summed E-state index contributed by atoms with van der Waals surface area (Å²) in [6, 6.07) is 0. The van der Waals surface area contributed by atoms with Gasteiger partial charge in [-0.15, -0.1) is 0 Å². The van der Waals surface area contributed by atoms with E-state index in [0.717, 1.165) is 19.3 Å². The Morgan fingerprint density at radius 3 is 2.09 bits per heavy atom. The maximum Gasteiger partial charge on any atom is 0.186 e. The molecule has 0 aromatic carbocycles. The predicted octanol–water partition coefficient (Wildman–Crippen LogP) is -1.13.